The number of halogens is 5. The molecule has 0 amide bonds. The number of rotatable bonds is 5. The van der Waals surface area contributed by atoms with Crippen LogP contribution in [0.15, 0.2) is 48.7 Å². The zero-order valence-corrected chi connectivity index (χ0v) is 20.1. The molecule has 3 heterocycles. The maximum Gasteiger partial charge on any atom is 0.419 e. The largest absolute Gasteiger partial charge is 0.483 e. The minimum Gasteiger partial charge on any atom is -0.483 e. The van der Waals surface area contributed by atoms with Crippen LogP contribution in [0.2, 0.25) is 0 Å². The number of piperazine rings is 1. The summed E-state index contributed by atoms with van der Waals surface area (Å²) in [5, 5.41) is 7.93. The number of hydrogen-bond acceptors (Lipinski definition) is 5. The van der Waals surface area contributed by atoms with Crippen LogP contribution in [0.4, 0.5) is 27.8 Å². The van der Waals surface area contributed by atoms with Crippen molar-refractivity contribution in [2.75, 3.05) is 24.5 Å². The maximum atomic E-state index is 15.6. The number of ether oxygens (including phenoxy) is 1. The van der Waals surface area contributed by atoms with Crippen LogP contribution >= 0.6 is 0 Å². The Balaban J connectivity index is 1.62. The van der Waals surface area contributed by atoms with Gasteiger partial charge in [0, 0.05) is 55.9 Å². The van der Waals surface area contributed by atoms with E-state index in [0.29, 0.717) is 28.4 Å². The molecule has 1 fully saturated rings. The second kappa shape index (κ2) is 9.62. The Kier molecular flexibility index (Phi) is 6.49. The third-order valence-corrected chi connectivity index (χ3v) is 6.46. The smallest absolute Gasteiger partial charge is 0.419 e. The minimum absolute atomic E-state index is 0.0857. The molecule has 0 saturated carbocycles. The summed E-state index contributed by atoms with van der Waals surface area (Å²) in [6.07, 6.45) is -3.62. The SMILES string of the molecule is CC1CNCCN1c1cc2c(cn1)c(-c1cc(C(F)(F)F)c(F)c(OCc3ccccc3)c1F)nn2C. The fourth-order valence-electron chi connectivity index (χ4n) is 4.53. The molecule has 0 bridgehead atoms. The molecule has 6 nitrogen and oxygen atoms in total. The van der Waals surface area contributed by atoms with E-state index >= 15 is 4.39 Å². The first kappa shape index (κ1) is 24.9. The van der Waals surface area contributed by atoms with Crippen LogP contribution in [0.3, 0.4) is 0 Å². The van der Waals surface area contributed by atoms with Crippen LogP contribution in [0.25, 0.3) is 22.2 Å². The lowest BCUT2D eigenvalue weighted by atomic mass is 10.0. The Morgan fingerprint density at radius 2 is 1.86 bits per heavy atom. The van der Waals surface area contributed by atoms with Gasteiger partial charge in [0.2, 0.25) is 0 Å². The summed E-state index contributed by atoms with van der Waals surface area (Å²) in [5.74, 6) is -3.50. The summed E-state index contributed by atoms with van der Waals surface area (Å²) in [6, 6.07) is 10.8. The van der Waals surface area contributed by atoms with Gasteiger partial charge >= 0.3 is 6.18 Å². The van der Waals surface area contributed by atoms with Gasteiger partial charge in [-0.1, -0.05) is 30.3 Å². The number of alkyl halides is 3. The lowest BCUT2D eigenvalue weighted by molar-refractivity contribution is -0.140. The molecule has 2 aromatic carbocycles. The van der Waals surface area contributed by atoms with Gasteiger partial charge in [0.1, 0.15) is 18.1 Å². The topological polar surface area (TPSA) is 55.2 Å². The molecule has 1 saturated heterocycles. The molecule has 1 aliphatic heterocycles. The van der Waals surface area contributed by atoms with Gasteiger partial charge in [0.05, 0.1) is 11.1 Å². The molecule has 1 atom stereocenters. The van der Waals surface area contributed by atoms with Gasteiger partial charge in [-0.15, -0.1) is 0 Å². The summed E-state index contributed by atoms with van der Waals surface area (Å²) >= 11 is 0. The zero-order valence-electron chi connectivity index (χ0n) is 20.1. The lowest BCUT2D eigenvalue weighted by Gasteiger charge is -2.34. The van der Waals surface area contributed by atoms with Crippen molar-refractivity contribution in [3.8, 4) is 17.0 Å². The zero-order chi connectivity index (χ0) is 26.3. The van der Waals surface area contributed by atoms with Crippen LogP contribution in [0.5, 0.6) is 5.75 Å². The third-order valence-electron chi connectivity index (χ3n) is 6.46. The molecular formula is C26H24F5N5O. The number of aromatic nitrogens is 3. The van der Waals surface area contributed by atoms with Crippen molar-refractivity contribution >= 4 is 16.7 Å². The van der Waals surface area contributed by atoms with E-state index in [-0.39, 0.29) is 18.3 Å². The van der Waals surface area contributed by atoms with Crippen molar-refractivity contribution in [2.24, 2.45) is 7.05 Å². The van der Waals surface area contributed by atoms with Gasteiger partial charge in [-0.3, -0.25) is 4.68 Å². The van der Waals surface area contributed by atoms with Gasteiger partial charge in [-0.05, 0) is 18.6 Å². The molecular weight excluding hydrogens is 493 g/mol. The average molecular weight is 518 g/mol. The second-order valence-corrected chi connectivity index (χ2v) is 8.98. The molecule has 4 aromatic rings. The Hall–Kier alpha value is -3.73. The van der Waals surface area contributed by atoms with Gasteiger partial charge in [-0.25, -0.2) is 13.8 Å². The minimum atomic E-state index is -5.08. The quantitative estimate of drug-likeness (QED) is 0.364. The molecule has 2 aromatic heterocycles. The maximum absolute atomic E-state index is 15.6. The van der Waals surface area contributed by atoms with E-state index in [1.54, 1.807) is 43.4 Å². The van der Waals surface area contributed by atoms with Crippen LogP contribution < -0.4 is 15.0 Å². The predicted molar refractivity (Wildman–Crippen MR) is 129 cm³/mol. The number of nitrogens with one attached hydrogen (secondary N) is 1. The Morgan fingerprint density at radius 3 is 2.57 bits per heavy atom. The van der Waals surface area contributed by atoms with Gasteiger partial charge in [-0.2, -0.15) is 18.3 Å². The molecule has 37 heavy (non-hydrogen) atoms. The van der Waals surface area contributed by atoms with Crippen molar-refractivity contribution < 1.29 is 26.7 Å². The van der Waals surface area contributed by atoms with Crippen molar-refractivity contribution in [1.29, 1.82) is 0 Å². The predicted octanol–water partition coefficient (Wildman–Crippen LogP) is 5.31. The summed E-state index contributed by atoms with van der Waals surface area (Å²) < 4.78 is 78.6. The van der Waals surface area contributed by atoms with Gasteiger partial charge in [0.25, 0.3) is 0 Å². The van der Waals surface area contributed by atoms with Crippen LogP contribution in [-0.2, 0) is 19.8 Å². The van der Waals surface area contributed by atoms with Crippen LogP contribution in [0.1, 0.15) is 18.1 Å². The van der Waals surface area contributed by atoms with Crippen molar-refractivity contribution in [3.63, 3.8) is 0 Å². The molecule has 0 radical (unpaired) electrons. The number of pyridine rings is 1. The van der Waals surface area contributed by atoms with Crippen molar-refractivity contribution in [1.82, 2.24) is 20.1 Å². The standard InChI is InChI=1S/C26H24F5N5O/c1-15-12-32-8-9-36(15)21-11-20-18(13-33-21)24(34-35(20)2)17-10-19(26(29,30)31)23(28)25(22(17)27)37-14-16-6-4-3-5-7-16/h3-7,10-11,13,15,32H,8-9,12,14H2,1-2H3. The highest BCUT2D eigenvalue weighted by molar-refractivity contribution is 5.94. The fourth-order valence-corrected chi connectivity index (χ4v) is 4.53. The molecule has 0 spiro atoms. The van der Waals surface area contributed by atoms with Crippen LogP contribution in [0, 0.1) is 11.6 Å². The molecule has 0 aliphatic carbocycles. The number of fused-ring (bicyclic) bond motifs is 1. The number of aryl methyl sites for hydroxylation is 1. The van der Waals surface area contributed by atoms with E-state index in [9.17, 15) is 17.6 Å². The van der Waals surface area contributed by atoms with E-state index in [2.05, 4.69) is 27.2 Å². The van der Waals surface area contributed by atoms with Crippen molar-refractivity contribution in [2.45, 2.75) is 25.7 Å². The van der Waals surface area contributed by atoms with Gasteiger partial charge < -0.3 is 15.0 Å². The monoisotopic (exact) mass is 517 g/mol. The Labute approximate surface area is 209 Å². The van der Waals surface area contributed by atoms with E-state index in [4.69, 9.17) is 4.74 Å². The highest BCUT2D eigenvalue weighted by Gasteiger charge is 2.38. The first-order chi connectivity index (χ1) is 17.6. The second-order valence-electron chi connectivity index (χ2n) is 8.98. The first-order valence-electron chi connectivity index (χ1n) is 11.7. The normalized spacial score (nSPS) is 16.4. The molecule has 1 unspecified atom stereocenters. The number of nitrogens with zero attached hydrogens (tertiary/aromatic N) is 4. The average Bonchev–Trinajstić information content (AvgIpc) is 3.19. The summed E-state index contributed by atoms with van der Waals surface area (Å²) in [5.41, 5.74) is -1.15. The molecule has 1 aliphatic rings. The lowest BCUT2D eigenvalue weighted by Crippen LogP contribution is -2.50. The first-order valence-corrected chi connectivity index (χ1v) is 11.7. The number of benzene rings is 2. The Morgan fingerprint density at radius 1 is 1.11 bits per heavy atom. The molecule has 5 rings (SSSR count). The van der Waals surface area contributed by atoms with E-state index in [1.807, 2.05) is 0 Å². The highest BCUT2D eigenvalue weighted by atomic mass is 19.4. The summed E-state index contributed by atoms with van der Waals surface area (Å²) in [7, 11) is 1.61. The molecule has 194 valence electrons. The van der Waals surface area contributed by atoms with Crippen LogP contribution in [-0.4, -0.2) is 40.4 Å². The highest BCUT2D eigenvalue weighted by Crippen LogP contribution is 2.42. The number of anilines is 1. The summed E-state index contributed by atoms with van der Waals surface area (Å²) in [4.78, 5) is 6.60. The summed E-state index contributed by atoms with van der Waals surface area (Å²) in [6.45, 7) is 4.03. The van der Waals surface area contributed by atoms with E-state index in [0.717, 1.165) is 19.6 Å². The van der Waals surface area contributed by atoms with Gasteiger partial charge in [0.15, 0.2) is 17.4 Å². The Bertz CT molecular complexity index is 1440. The fraction of sp³-hybridized carbons (Fsp3) is 0.308. The number of hydrogen-bond donors (Lipinski definition) is 1. The molecule has 11 heteroatoms. The van der Waals surface area contributed by atoms with E-state index in [1.165, 1.54) is 10.9 Å². The third kappa shape index (κ3) is 4.71. The molecule has 1 N–H and O–H groups in total. The van der Waals surface area contributed by atoms with E-state index < -0.39 is 34.7 Å². The van der Waals surface area contributed by atoms with Crippen molar-refractivity contribution in [3.05, 3.63) is 71.4 Å².